The van der Waals surface area contributed by atoms with Crippen LogP contribution in [-0.2, 0) is 6.54 Å². The highest BCUT2D eigenvalue weighted by Gasteiger charge is 2.10. The molecule has 0 aliphatic heterocycles. The lowest BCUT2D eigenvalue weighted by Crippen LogP contribution is -2.23. The van der Waals surface area contributed by atoms with Crippen molar-refractivity contribution in [2.45, 2.75) is 6.54 Å². The van der Waals surface area contributed by atoms with Crippen molar-refractivity contribution < 1.29 is 4.79 Å². The Hall–Kier alpha value is -2.14. The maximum absolute atomic E-state index is 11.9. The van der Waals surface area contributed by atoms with Crippen LogP contribution >= 0.6 is 11.6 Å². The number of carbonyl (C=O) groups is 1. The van der Waals surface area contributed by atoms with E-state index in [4.69, 9.17) is 17.3 Å². The molecule has 0 fully saturated rings. The monoisotopic (exact) mass is 262 g/mol. The normalized spacial score (nSPS) is 10.1. The molecule has 2 aromatic rings. The second-order valence-corrected chi connectivity index (χ2v) is 4.03. The summed E-state index contributed by atoms with van der Waals surface area (Å²) in [6.07, 6.45) is 4.73. The van der Waals surface area contributed by atoms with Gasteiger partial charge in [0.15, 0.2) is 0 Å². The minimum atomic E-state index is -0.273. The van der Waals surface area contributed by atoms with Crippen LogP contribution in [0.4, 0.5) is 5.69 Å². The minimum absolute atomic E-state index is 0.273. The Morgan fingerprint density at radius 2 is 2.22 bits per heavy atom. The maximum Gasteiger partial charge on any atom is 0.253 e. The van der Waals surface area contributed by atoms with Crippen LogP contribution in [0.1, 0.15) is 16.1 Å². The van der Waals surface area contributed by atoms with Gasteiger partial charge in [0.05, 0.1) is 29.0 Å². The number of rotatable bonds is 3. The number of aromatic nitrogens is 2. The zero-order valence-electron chi connectivity index (χ0n) is 9.43. The van der Waals surface area contributed by atoms with Crippen molar-refractivity contribution in [3.05, 3.63) is 53.1 Å². The molecule has 1 aromatic heterocycles. The van der Waals surface area contributed by atoms with E-state index in [1.165, 1.54) is 0 Å². The largest absolute Gasteiger partial charge is 0.399 e. The molecule has 2 rings (SSSR count). The molecule has 1 amide bonds. The van der Waals surface area contributed by atoms with Crippen LogP contribution in [0, 0.1) is 0 Å². The van der Waals surface area contributed by atoms with Gasteiger partial charge in [0.1, 0.15) is 0 Å². The molecule has 1 heterocycles. The highest BCUT2D eigenvalue weighted by Crippen LogP contribution is 2.18. The van der Waals surface area contributed by atoms with Gasteiger partial charge in [0.2, 0.25) is 0 Å². The molecule has 0 aliphatic rings. The molecule has 0 saturated carbocycles. The number of hydrogen-bond acceptors (Lipinski definition) is 4. The lowest BCUT2D eigenvalue weighted by molar-refractivity contribution is 0.0950. The van der Waals surface area contributed by atoms with Crippen molar-refractivity contribution in [3.8, 4) is 0 Å². The fourth-order valence-electron chi connectivity index (χ4n) is 1.40. The molecule has 5 nitrogen and oxygen atoms in total. The van der Waals surface area contributed by atoms with Gasteiger partial charge in [-0.05, 0) is 18.2 Å². The first-order valence-electron chi connectivity index (χ1n) is 5.25. The topological polar surface area (TPSA) is 80.9 Å². The lowest BCUT2D eigenvalue weighted by atomic mass is 10.2. The lowest BCUT2D eigenvalue weighted by Gasteiger charge is -2.06. The molecule has 92 valence electrons. The summed E-state index contributed by atoms with van der Waals surface area (Å²) < 4.78 is 0. The van der Waals surface area contributed by atoms with E-state index in [1.807, 2.05) is 0 Å². The van der Waals surface area contributed by atoms with Crippen molar-refractivity contribution >= 4 is 23.2 Å². The number of benzene rings is 1. The molecule has 6 heteroatoms. The molecule has 0 aliphatic carbocycles. The summed E-state index contributed by atoms with van der Waals surface area (Å²) in [5.41, 5.74) is 7.14. The van der Waals surface area contributed by atoms with Gasteiger partial charge in [-0.3, -0.25) is 14.8 Å². The smallest absolute Gasteiger partial charge is 0.253 e. The van der Waals surface area contributed by atoms with Crippen molar-refractivity contribution in [3.63, 3.8) is 0 Å². The molecule has 0 saturated heterocycles. The highest BCUT2D eigenvalue weighted by atomic mass is 35.5. The van der Waals surface area contributed by atoms with Gasteiger partial charge in [0, 0.05) is 18.1 Å². The van der Waals surface area contributed by atoms with Gasteiger partial charge < -0.3 is 11.1 Å². The van der Waals surface area contributed by atoms with E-state index in [2.05, 4.69) is 15.3 Å². The summed E-state index contributed by atoms with van der Waals surface area (Å²) >= 11 is 5.94. The summed E-state index contributed by atoms with van der Waals surface area (Å²) in [5.74, 6) is -0.273. The van der Waals surface area contributed by atoms with Crippen LogP contribution in [-0.4, -0.2) is 15.9 Å². The Morgan fingerprint density at radius 3 is 2.89 bits per heavy atom. The zero-order valence-corrected chi connectivity index (χ0v) is 10.2. The summed E-state index contributed by atoms with van der Waals surface area (Å²) in [5, 5.41) is 3.03. The first-order chi connectivity index (χ1) is 8.66. The van der Waals surface area contributed by atoms with Crippen molar-refractivity contribution in [1.29, 1.82) is 0 Å². The first-order valence-corrected chi connectivity index (χ1v) is 5.63. The number of anilines is 1. The third-order valence-corrected chi connectivity index (χ3v) is 2.60. The maximum atomic E-state index is 11.9. The molecule has 1 aromatic carbocycles. The second kappa shape index (κ2) is 5.46. The number of hydrogen-bond donors (Lipinski definition) is 2. The summed E-state index contributed by atoms with van der Waals surface area (Å²) in [4.78, 5) is 19.8. The predicted octanol–water partition coefficient (Wildman–Crippen LogP) is 1.64. The summed E-state index contributed by atoms with van der Waals surface area (Å²) in [6.45, 7) is 0.299. The van der Waals surface area contributed by atoms with Gasteiger partial charge >= 0.3 is 0 Å². The molecule has 0 spiro atoms. The Bertz CT molecular complexity index is 559. The van der Waals surface area contributed by atoms with Crippen molar-refractivity contribution in [2.24, 2.45) is 0 Å². The number of nitrogens with zero attached hydrogens (tertiary/aromatic N) is 2. The molecule has 0 bridgehead atoms. The van der Waals surface area contributed by atoms with Crippen molar-refractivity contribution in [2.75, 3.05) is 5.73 Å². The van der Waals surface area contributed by atoms with Crippen LogP contribution < -0.4 is 11.1 Å². The van der Waals surface area contributed by atoms with E-state index in [0.29, 0.717) is 28.5 Å². The van der Waals surface area contributed by atoms with E-state index < -0.39 is 0 Å². The van der Waals surface area contributed by atoms with Crippen LogP contribution in [0.5, 0.6) is 0 Å². The van der Waals surface area contributed by atoms with Crippen LogP contribution in [0.25, 0.3) is 0 Å². The van der Waals surface area contributed by atoms with Crippen LogP contribution in [0.2, 0.25) is 5.02 Å². The Labute approximate surface area is 109 Å². The minimum Gasteiger partial charge on any atom is -0.399 e. The molecule has 0 atom stereocenters. The fourth-order valence-corrected chi connectivity index (χ4v) is 1.68. The Balaban J connectivity index is 2.04. The van der Waals surface area contributed by atoms with E-state index in [0.717, 1.165) is 0 Å². The van der Waals surface area contributed by atoms with Gasteiger partial charge in [-0.1, -0.05) is 11.6 Å². The van der Waals surface area contributed by atoms with E-state index in [-0.39, 0.29) is 5.91 Å². The average molecular weight is 263 g/mol. The third-order valence-electron chi connectivity index (χ3n) is 2.28. The molecular formula is C12H11ClN4O. The van der Waals surface area contributed by atoms with Gasteiger partial charge in [-0.15, -0.1) is 0 Å². The van der Waals surface area contributed by atoms with E-state index >= 15 is 0 Å². The zero-order chi connectivity index (χ0) is 13.0. The quantitative estimate of drug-likeness (QED) is 0.824. The molecule has 18 heavy (non-hydrogen) atoms. The van der Waals surface area contributed by atoms with Gasteiger partial charge in [0.25, 0.3) is 5.91 Å². The SMILES string of the molecule is Nc1ccc(C(=O)NCc2cnccn2)c(Cl)c1. The average Bonchev–Trinajstić information content (AvgIpc) is 2.37. The Kier molecular flexibility index (Phi) is 3.74. The number of halogens is 1. The number of carbonyl (C=O) groups excluding carboxylic acids is 1. The third kappa shape index (κ3) is 2.95. The highest BCUT2D eigenvalue weighted by molar-refractivity contribution is 6.34. The van der Waals surface area contributed by atoms with Gasteiger partial charge in [-0.2, -0.15) is 0 Å². The fraction of sp³-hybridized carbons (Fsp3) is 0.0833. The first kappa shape index (κ1) is 12.3. The molecular weight excluding hydrogens is 252 g/mol. The number of nitrogen functional groups attached to an aromatic ring is 1. The van der Waals surface area contributed by atoms with E-state index in [1.54, 1.807) is 36.8 Å². The molecule has 0 unspecified atom stereocenters. The predicted molar refractivity (Wildman–Crippen MR) is 69.1 cm³/mol. The number of nitrogens with two attached hydrogens (primary N) is 1. The molecule has 0 radical (unpaired) electrons. The Morgan fingerprint density at radius 1 is 1.39 bits per heavy atom. The number of nitrogens with one attached hydrogen (secondary N) is 1. The van der Waals surface area contributed by atoms with Crippen molar-refractivity contribution in [1.82, 2.24) is 15.3 Å². The van der Waals surface area contributed by atoms with Crippen LogP contribution in [0.3, 0.4) is 0 Å². The molecule has 3 N–H and O–H groups in total. The number of amides is 1. The second-order valence-electron chi connectivity index (χ2n) is 3.62. The summed E-state index contributed by atoms with van der Waals surface area (Å²) in [6, 6.07) is 4.76. The van der Waals surface area contributed by atoms with Gasteiger partial charge in [-0.25, -0.2) is 0 Å². The van der Waals surface area contributed by atoms with Crippen LogP contribution in [0.15, 0.2) is 36.8 Å². The standard InChI is InChI=1S/C12H11ClN4O/c13-11-5-8(14)1-2-10(11)12(18)17-7-9-6-15-3-4-16-9/h1-6H,7,14H2,(H,17,18). The summed E-state index contributed by atoms with van der Waals surface area (Å²) in [7, 11) is 0. The van der Waals surface area contributed by atoms with E-state index in [9.17, 15) is 4.79 Å².